The number of hydrogen-bond donors (Lipinski definition) is 1. The monoisotopic (exact) mass is 495 g/mol. The minimum atomic E-state index is -1.24. The van der Waals surface area contributed by atoms with Crippen LogP contribution >= 0.6 is 0 Å². The van der Waals surface area contributed by atoms with Gasteiger partial charge in [-0.3, -0.25) is 9.59 Å². The second kappa shape index (κ2) is 11.5. The standard InChI is InChI=1S/C26H29N3O7/c1-6-17-11-18(14-30)20(12-22(17)34-5)19-9-10-21(24(31)27-13-16-7-8-16)28-23(19)25(32)35-15(2)36-26(33)29(3)4/h6,9-12,14-16H,1,7-8,13H2,2-5H3,(H,27,31). The third-order valence-electron chi connectivity index (χ3n) is 5.51. The molecule has 10 heteroatoms. The van der Waals surface area contributed by atoms with E-state index in [1.807, 2.05) is 0 Å². The highest BCUT2D eigenvalue weighted by Crippen LogP contribution is 2.33. The number of ether oxygens (including phenoxy) is 3. The van der Waals surface area contributed by atoms with Gasteiger partial charge in [-0.15, -0.1) is 0 Å². The van der Waals surface area contributed by atoms with Gasteiger partial charge in [0.25, 0.3) is 5.91 Å². The first-order chi connectivity index (χ1) is 17.2. The maximum absolute atomic E-state index is 13.2. The van der Waals surface area contributed by atoms with Crippen LogP contribution in [0, 0.1) is 5.92 Å². The number of methoxy groups -OCH3 is 1. The molecule has 0 radical (unpaired) electrons. The van der Waals surface area contributed by atoms with Gasteiger partial charge in [-0.05, 0) is 48.6 Å². The first-order valence-electron chi connectivity index (χ1n) is 11.4. The minimum absolute atomic E-state index is 0.00613. The number of nitrogens with zero attached hydrogens (tertiary/aromatic N) is 2. The Morgan fingerprint density at radius 3 is 2.47 bits per heavy atom. The van der Waals surface area contributed by atoms with E-state index in [4.69, 9.17) is 14.2 Å². The molecular formula is C26H29N3O7. The van der Waals surface area contributed by atoms with Crippen LogP contribution in [-0.2, 0) is 9.47 Å². The molecule has 3 rings (SSSR count). The fourth-order valence-electron chi connectivity index (χ4n) is 3.37. The lowest BCUT2D eigenvalue weighted by atomic mass is 9.95. The molecule has 0 bridgehead atoms. The van der Waals surface area contributed by atoms with Gasteiger partial charge in [0.2, 0.25) is 6.29 Å². The van der Waals surface area contributed by atoms with Crippen molar-refractivity contribution in [2.45, 2.75) is 26.1 Å². The summed E-state index contributed by atoms with van der Waals surface area (Å²) in [5.41, 5.74) is 1.20. The number of nitrogens with one attached hydrogen (secondary N) is 1. The lowest BCUT2D eigenvalue weighted by molar-refractivity contribution is -0.0668. The van der Waals surface area contributed by atoms with Gasteiger partial charge in [0.15, 0.2) is 12.0 Å². The van der Waals surface area contributed by atoms with Crippen molar-refractivity contribution in [1.82, 2.24) is 15.2 Å². The third kappa shape index (κ3) is 6.26. The summed E-state index contributed by atoms with van der Waals surface area (Å²) in [5.74, 6) is -0.505. The zero-order valence-corrected chi connectivity index (χ0v) is 20.7. The molecule has 190 valence electrons. The van der Waals surface area contributed by atoms with E-state index in [0.717, 1.165) is 12.8 Å². The number of aldehydes is 1. The van der Waals surface area contributed by atoms with Crippen LogP contribution in [0.2, 0.25) is 0 Å². The predicted molar refractivity (Wildman–Crippen MR) is 132 cm³/mol. The zero-order chi connectivity index (χ0) is 26.4. The van der Waals surface area contributed by atoms with Gasteiger partial charge in [-0.1, -0.05) is 12.7 Å². The number of carbonyl (C=O) groups is 4. The van der Waals surface area contributed by atoms with E-state index in [-0.39, 0.29) is 22.5 Å². The Balaban J connectivity index is 2.04. The first kappa shape index (κ1) is 26.4. The number of hydrogen-bond acceptors (Lipinski definition) is 8. The summed E-state index contributed by atoms with van der Waals surface area (Å²) in [7, 11) is 4.44. The molecule has 36 heavy (non-hydrogen) atoms. The van der Waals surface area contributed by atoms with Crippen molar-refractivity contribution in [2.24, 2.45) is 5.92 Å². The van der Waals surface area contributed by atoms with Crippen molar-refractivity contribution >= 4 is 30.3 Å². The molecule has 0 aliphatic heterocycles. The van der Waals surface area contributed by atoms with Crippen LogP contribution < -0.4 is 10.1 Å². The summed E-state index contributed by atoms with van der Waals surface area (Å²) in [5, 5.41) is 2.81. The largest absolute Gasteiger partial charge is 0.496 e. The number of esters is 1. The number of benzene rings is 1. The van der Waals surface area contributed by atoms with Crippen LogP contribution in [-0.4, -0.2) is 68.2 Å². The lowest BCUT2D eigenvalue weighted by Gasteiger charge is -2.18. The Morgan fingerprint density at radius 1 is 1.17 bits per heavy atom. The smallest absolute Gasteiger partial charge is 0.412 e. The summed E-state index contributed by atoms with van der Waals surface area (Å²) < 4.78 is 15.8. The second-order valence-electron chi connectivity index (χ2n) is 8.50. The maximum Gasteiger partial charge on any atom is 0.412 e. The zero-order valence-electron chi connectivity index (χ0n) is 20.7. The average molecular weight is 496 g/mol. The Kier molecular flexibility index (Phi) is 8.42. The Labute approximate surface area is 209 Å². The van der Waals surface area contributed by atoms with E-state index in [2.05, 4.69) is 16.9 Å². The number of pyridine rings is 1. The molecule has 1 N–H and O–H groups in total. The Hall–Kier alpha value is -4.21. The molecule has 2 amide bonds. The number of carbonyl (C=O) groups excluding carboxylic acids is 4. The van der Waals surface area contributed by atoms with E-state index in [1.54, 1.807) is 12.1 Å². The van der Waals surface area contributed by atoms with Gasteiger partial charge in [0, 0.05) is 44.3 Å². The Bertz CT molecular complexity index is 1190. The van der Waals surface area contributed by atoms with Crippen LogP contribution in [0.25, 0.3) is 17.2 Å². The van der Waals surface area contributed by atoms with E-state index in [1.165, 1.54) is 51.2 Å². The van der Waals surface area contributed by atoms with Crippen molar-refractivity contribution in [3.63, 3.8) is 0 Å². The topological polar surface area (TPSA) is 124 Å². The molecule has 1 unspecified atom stereocenters. The highest BCUT2D eigenvalue weighted by Gasteiger charge is 2.26. The molecule has 1 aliphatic rings. The van der Waals surface area contributed by atoms with Crippen molar-refractivity contribution in [3.8, 4) is 16.9 Å². The first-order valence-corrected chi connectivity index (χ1v) is 11.4. The van der Waals surface area contributed by atoms with Crippen LogP contribution in [0.15, 0.2) is 30.8 Å². The molecule has 1 aromatic heterocycles. The normalized spacial score (nSPS) is 13.2. The highest BCUT2D eigenvalue weighted by atomic mass is 16.7. The molecule has 2 aromatic rings. The maximum atomic E-state index is 13.2. The van der Waals surface area contributed by atoms with Gasteiger partial charge >= 0.3 is 12.1 Å². The molecule has 1 heterocycles. The van der Waals surface area contributed by atoms with Crippen molar-refractivity contribution in [2.75, 3.05) is 27.7 Å². The molecule has 10 nitrogen and oxygen atoms in total. The summed E-state index contributed by atoms with van der Waals surface area (Å²) in [6, 6.07) is 6.13. The van der Waals surface area contributed by atoms with Gasteiger partial charge in [0.1, 0.15) is 11.4 Å². The molecule has 1 aliphatic carbocycles. The predicted octanol–water partition coefficient (Wildman–Crippen LogP) is 3.55. The third-order valence-corrected chi connectivity index (χ3v) is 5.51. The fourth-order valence-corrected chi connectivity index (χ4v) is 3.37. The van der Waals surface area contributed by atoms with E-state index < -0.39 is 24.3 Å². The molecule has 1 atom stereocenters. The fraction of sp³-hybridized carbons (Fsp3) is 0.346. The van der Waals surface area contributed by atoms with E-state index in [0.29, 0.717) is 35.6 Å². The van der Waals surface area contributed by atoms with Crippen molar-refractivity contribution < 1.29 is 33.4 Å². The lowest BCUT2D eigenvalue weighted by Crippen LogP contribution is -2.30. The Morgan fingerprint density at radius 2 is 1.89 bits per heavy atom. The summed E-state index contributed by atoms with van der Waals surface area (Å²) in [4.78, 5) is 55.0. The van der Waals surface area contributed by atoms with Gasteiger partial charge < -0.3 is 24.4 Å². The molecule has 0 saturated heterocycles. The number of amides is 2. The summed E-state index contributed by atoms with van der Waals surface area (Å²) in [6.07, 6.45) is 2.35. The van der Waals surface area contributed by atoms with Crippen molar-refractivity contribution in [3.05, 3.63) is 53.4 Å². The minimum Gasteiger partial charge on any atom is -0.496 e. The quantitative estimate of drug-likeness (QED) is 0.301. The van der Waals surface area contributed by atoms with Crippen LogP contribution in [0.5, 0.6) is 5.75 Å². The van der Waals surface area contributed by atoms with Crippen LogP contribution in [0.3, 0.4) is 0 Å². The molecule has 1 fully saturated rings. The average Bonchev–Trinajstić information content (AvgIpc) is 3.70. The molecule has 1 saturated carbocycles. The van der Waals surface area contributed by atoms with Gasteiger partial charge in [-0.25, -0.2) is 14.6 Å². The molecule has 1 aromatic carbocycles. The van der Waals surface area contributed by atoms with E-state index >= 15 is 0 Å². The highest BCUT2D eigenvalue weighted by molar-refractivity contribution is 6.01. The van der Waals surface area contributed by atoms with Gasteiger partial charge in [0.05, 0.1) is 7.11 Å². The molecule has 0 spiro atoms. The number of rotatable bonds is 10. The summed E-state index contributed by atoms with van der Waals surface area (Å²) >= 11 is 0. The number of aromatic nitrogens is 1. The van der Waals surface area contributed by atoms with Crippen LogP contribution in [0.4, 0.5) is 4.79 Å². The molecular weight excluding hydrogens is 466 g/mol. The van der Waals surface area contributed by atoms with Crippen molar-refractivity contribution in [1.29, 1.82) is 0 Å². The van der Waals surface area contributed by atoms with Crippen LogP contribution in [0.1, 0.15) is 56.7 Å². The SMILES string of the molecule is C=Cc1cc(C=O)c(-c2ccc(C(=O)NCC3CC3)nc2C(=O)OC(C)OC(=O)N(C)C)cc1OC. The van der Waals surface area contributed by atoms with Gasteiger partial charge in [-0.2, -0.15) is 0 Å². The van der Waals surface area contributed by atoms with E-state index in [9.17, 15) is 19.2 Å². The summed E-state index contributed by atoms with van der Waals surface area (Å²) in [6.45, 7) is 5.63. The second-order valence-corrected chi connectivity index (χ2v) is 8.50.